The van der Waals surface area contributed by atoms with Crippen molar-refractivity contribution in [2.45, 2.75) is 32.6 Å². The standard InChI is InChI=1S/C19H18FNO.BrH/c1-13-16(12-15-7-3-5-9-18(15)21-13)19(22)11-10-14-6-2-4-8-17(14)20;/h2,4,6,8,10-12H,3,5,7,9H2,1H3;1H/b11-10+;. The van der Waals surface area contributed by atoms with E-state index in [1.54, 1.807) is 18.2 Å². The van der Waals surface area contributed by atoms with Crippen LogP contribution < -0.4 is 0 Å². The number of carbonyl (C=O) groups excluding carboxylic acids is 1. The van der Waals surface area contributed by atoms with Crippen LogP contribution in [-0.2, 0) is 12.8 Å². The Bertz CT molecular complexity index is 755. The van der Waals surface area contributed by atoms with Crippen LogP contribution in [0.25, 0.3) is 6.08 Å². The highest BCUT2D eigenvalue weighted by atomic mass is 79.9. The molecule has 0 atom stereocenters. The maximum atomic E-state index is 13.6. The van der Waals surface area contributed by atoms with Gasteiger partial charge < -0.3 is 0 Å². The average Bonchev–Trinajstić information content (AvgIpc) is 2.53. The molecule has 0 amide bonds. The minimum Gasteiger partial charge on any atom is -0.289 e. The number of carbonyl (C=O) groups is 1. The molecule has 2 aromatic rings. The van der Waals surface area contributed by atoms with Gasteiger partial charge in [-0.25, -0.2) is 4.39 Å². The summed E-state index contributed by atoms with van der Waals surface area (Å²) in [5.74, 6) is -0.450. The van der Waals surface area contributed by atoms with Crippen LogP contribution in [0.3, 0.4) is 0 Å². The lowest BCUT2D eigenvalue weighted by molar-refractivity contribution is 0.104. The van der Waals surface area contributed by atoms with E-state index in [1.807, 2.05) is 13.0 Å². The van der Waals surface area contributed by atoms with Crippen molar-refractivity contribution in [3.8, 4) is 0 Å². The highest BCUT2D eigenvalue weighted by Gasteiger charge is 2.16. The number of ketones is 1. The van der Waals surface area contributed by atoms with Gasteiger partial charge in [-0.1, -0.05) is 18.2 Å². The van der Waals surface area contributed by atoms with Crippen LogP contribution in [0, 0.1) is 12.7 Å². The fraction of sp³-hybridized carbons (Fsp3) is 0.263. The van der Waals surface area contributed by atoms with Crippen molar-refractivity contribution < 1.29 is 9.18 Å². The number of pyridine rings is 1. The van der Waals surface area contributed by atoms with Gasteiger partial charge in [0.2, 0.25) is 0 Å². The predicted octanol–water partition coefficient (Wildman–Crippen LogP) is 4.88. The van der Waals surface area contributed by atoms with Crippen molar-refractivity contribution in [3.63, 3.8) is 0 Å². The monoisotopic (exact) mass is 375 g/mol. The molecule has 1 aliphatic rings. The van der Waals surface area contributed by atoms with Gasteiger partial charge in [0.1, 0.15) is 5.82 Å². The fourth-order valence-electron chi connectivity index (χ4n) is 2.85. The van der Waals surface area contributed by atoms with Crippen molar-refractivity contribution >= 4 is 28.8 Å². The van der Waals surface area contributed by atoms with Crippen LogP contribution in [0.15, 0.2) is 36.4 Å². The third-order valence-electron chi connectivity index (χ3n) is 4.08. The van der Waals surface area contributed by atoms with E-state index in [1.165, 1.54) is 30.2 Å². The zero-order valence-corrected chi connectivity index (χ0v) is 14.7. The van der Waals surface area contributed by atoms with Gasteiger partial charge in [-0.2, -0.15) is 0 Å². The largest absolute Gasteiger partial charge is 0.289 e. The summed E-state index contributed by atoms with van der Waals surface area (Å²) >= 11 is 0. The Hall–Kier alpha value is -1.81. The number of allylic oxidation sites excluding steroid dienone is 1. The number of halogens is 2. The van der Waals surface area contributed by atoms with E-state index >= 15 is 0 Å². The number of nitrogens with zero attached hydrogens (tertiary/aromatic N) is 1. The molecule has 2 nitrogen and oxygen atoms in total. The van der Waals surface area contributed by atoms with E-state index in [9.17, 15) is 9.18 Å². The summed E-state index contributed by atoms with van der Waals surface area (Å²) in [5, 5.41) is 0. The molecular weight excluding hydrogens is 357 g/mol. The lowest BCUT2D eigenvalue weighted by Gasteiger charge is -2.16. The highest BCUT2D eigenvalue weighted by Crippen LogP contribution is 2.22. The first-order valence-corrected chi connectivity index (χ1v) is 7.61. The van der Waals surface area contributed by atoms with Gasteiger partial charge in [0.05, 0.1) is 0 Å². The van der Waals surface area contributed by atoms with Crippen LogP contribution in [0.5, 0.6) is 0 Å². The predicted molar refractivity (Wildman–Crippen MR) is 95.7 cm³/mol. The Balaban J connectivity index is 0.00000192. The van der Waals surface area contributed by atoms with E-state index < -0.39 is 0 Å². The number of hydrogen-bond acceptors (Lipinski definition) is 2. The Kier molecular flexibility index (Phi) is 5.83. The third-order valence-corrected chi connectivity index (χ3v) is 4.08. The smallest absolute Gasteiger partial charge is 0.187 e. The minimum absolute atomic E-state index is 0. The summed E-state index contributed by atoms with van der Waals surface area (Å²) in [6, 6.07) is 8.38. The van der Waals surface area contributed by atoms with Gasteiger partial charge >= 0.3 is 0 Å². The number of aryl methyl sites for hydroxylation is 3. The van der Waals surface area contributed by atoms with Crippen molar-refractivity contribution in [2.75, 3.05) is 0 Å². The minimum atomic E-state index is -0.327. The second-order valence-corrected chi connectivity index (χ2v) is 5.65. The number of rotatable bonds is 3. The van der Waals surface area contributed by atoms with Gasteiger partial charge in [0.25, 0.3) is 0 Å². The summed E-state index contributed by atoms with van der Waals surface area (Å²) in [6.45, 7) is 1.86. The Morgan fingerprint density at radius 3 is 2.74 bits per heavy atom. The van der Waals surface area contributed by atoms with Crippen LogP contribution in [0.1, 0.15) is 45.7 Å². The van der Waals surface area contributed by atoms with Crippen LogP contribution in [0.4, 0.5) is 4.39 Å². The molecule has 0 N–H and O–H groups in total. The first kappa shape index (κ1) is 17.5. The van der Waals surface area contributed by atoms with Gasteiger partial charge in [-0.3, -0.25) is 9.78 Å². The first-order chi connectivity index (χ1) is 10.6. The van der Waals surface area contributed by atoms with Gasteiger partial charge in [-0.05, 0) is 62.5 Å². The summed E-state index contributed by atoms with van der Waals surface area (Å²) < 4.78 is 13.6. The number of benzene rings is 1. The second kappa shape index (κ2) is 7.64. The van der Waals surface area contributed by atoms with E-state index in [0.717, 1.165) is 30.7 Å². The molecule has 4 heteroatoms. The Labute approximate surface area is 146 Å². The molecular formula is C19H19BrFNO. The van der Waals surface area contributed by atoms with E-state index in [4.69, 9.17) is 0 Å². The quantitative estimate of drug-likeness (QED) is 0.565. The maximum absolute atomic E-state index is 13.6. The van der Waals surface area contributed by atoms with Gasteiger partial charge in [-0.15, -0.1) is 17.0 Å². The molecule has 1 aromatic heterocycles. The fourth-order valence-corrected chi connectivity index (χ4v) is 2.85. The molecule has 0 fully saturated rings. The summed E-state index contributed by atoms with van der Waals surface area (Å²) in [5.41, 5.74) is 4.09. The van der Waals surface area contributed by atoms with Crippen molar-refractivity contribution in [2.24, 2.45) is 0 Å². The number of hydrogen-bond donors (Lipinski definition) is 0. The number of aromatic nitrogens is 1. The molecule has 0 bridgehead atoms. The molecule has 0 radical (unpaired) electrons. The third kappa shape index (κ3) is 3.94. The molecule has 1 aliphatic carbocycles. The van der Waals surface area contributed by atoms with E-state index in [2.05, 4.69) is 4.98 Å². The molecule has 23 heavy (non-hydrogen) atoms. The van der Waals surface area contributed by atoms with Crippen molar-refractivity contribution in [1.82, 2.24) is 4.98 Å². The van der Waals surface area contributed by atoms with Crippen molar-refractivity contribution in [3.05, 3.63) is 70.3 Å². The number of fused-ring (bicyclic) bond motifs is 1. The van der Waals surface area contributed by atoms with Gasteiger partial charge in [0.15, 0.2) is 5.78 Å². The molecule has 0 spiro atoms. The zero-order chi connectivity index (χ0) is 15.5. The van der Waals surface area contributed by atoms with Crippen LogP contribution in [0.2, 0.25) is 0 Å². The van der Waals surface area contributed by atoms with Crippen LogP contribution >= 0.6 is 17.0 Å². The molecule has 3 rings (SSSR count). The molecule has 0 aliphatic heterocycles. The van der Waals surface area contributed by atoms with E-state index in [-0.39, 0.29) is 28.6 Å². The molecule has 1 heterocycles. The Morgan fingerprint density at radius 1 is 1.22 bits per heavy atom. The second-order valence-electron chi connectivity index (χ2n) is 5.65. The molecule has 0 unspecified atom stereocenters. The molecule has 0 saturated heterocycles. The molecule has 0 saturated carbocycles. The maximum Gasteiger partial charge on any atom is 0.187 e. The molecule has 1 aromatic carbocycles. The Morgan fingerprint density at radius 2 is 1.96 bits per heavy atom. The van der Waals surface area contributed by atoms with E-state index in [0.29, 0.717) is 11.1 Å². The van der Waals surface area contributed by atoms with Crippen LogP contribution in [-0.4, -0.2) is 10.8 Å². The summed E-state index contributed by atoms with van der Waals surface area (Å²) in [6.07, 6.45) is 7.25. The normalized spacial score (nSPS) is 13.5. The lowest BCUT2D eigenvalue weighted by atomic mass is 9.93. The summed E-state index contributed by atoms with van der Waals surface area (Å²) in [4.78, 5) is 17.0. The average molecular weight is 376 g/mol. The topological polar surface area (TPSA) is 30.0 Å². The zero-order valence-electron chi connectivity index (χ0n) is 13.0. The molecule has 120 valence electrons. The lowest BCUT2D eigenvalue weighted by Crippen LogP contribution is -2.10. The first-order valence-electron chi connectivity index (χ1n) is 7.61. The van der Waals surface area contributed by atoms with Crippen molar-refractivity contribution in [1.29, 1.82) is 0 Å². The SMILES string of the molecule is Br.Cc1nc2c(cc1C(=O)/C=C/c1ccccc1F)CCCC2. The highest BCUT2D eigenvalue weighted by molar-refractivity contribution is 8.93. The van der Waals surface area contributed by atoms with Gasteiger partial charge in [0, 0.05) is 22.5 Å². The summed E-state index contributed by atoms with van der Waals surface area (Å²) in [7, 11) is 0.